The minimum atomic E-state index is -0.823. The number of alkyl carbamates (subject to hydrolysis) is 1. The van der Waals surface area contributed by atoms with Crippen molar-refractivity contribution in [1.29, 1.82) is 0 Å². The van der Waals surface area contributed by atoms with Gasteiger partial charge in [0.2, 0.25) is 0 Å². The first-order chi connectivity index (χ1) is 9.23. The van der Waals surface area contributed by atoms with Crippen LogP contribution in [0.1, 0.15) is 46.5 Å². The van der Waals surface area contributed by atoms with E-state index in [1.807, 2.05) is 20.8 Å². The van der Waals surface area contributed by atoms with Gasteiger partial charge >= 0.3 is 12.1 Å². The number of ether oxygens (including phenoxy) is 1. The molecule has 1 atom stereocenters. The van der Waals surface area contributed by atoms with Crippen molar-refractivity contribution >= 4 is 12.1 Å². The molecule has 6 nitrogen and oxygen atoms in total. The van der Waals surface area contributed by atoms with Gasteiger partial charge in [0, 0.05) is 12.6 Å². The van der Waals surface area contributed by atoms with Crippen LogP contribution in [0.2, 0.25) is 0 Å². The molecular weight excluding hydrogens is 260 g/mol. The summed E-state index contributed by atoms with van der Waals surface area (Å²) in [6, 6.07) is 0.0633. The molecule has 1 aliphatic carbocycles. The first-order valence-electron chi connectivity index (χ1n) is 7.15. The first-order valence-corrected chi connectivity index (χ1v) is 7.15. The van der Waals surface area contributed by atoms with Gasteiger partial charge in [0.25, 0.3) is 0 Å². The molecular formula is C14H26N2O4. The van der Waals surface area contributed by atoms with E-state index in [1.54, 1.807) is 0 Å². The Morgan fingerprint density at radius 1 is 1.30 bits per heavy atom. The summed E-state index contributed by atoms with van der Waals surface area (Å²) in [7, 11) is 0. The molecule has 1 fully saturated rings. The van der Waals surface area contributed by atoms with Crippen molar-refractivity contribution in [3.05, 3.63) is 0 Å². The largest absolute Gasteiger partial charge is 0.481 e. The maximum Gasteiger partial charge on any atom is 0.407 e. The van der Waals surface area contributed by atoms with Crippen molar-refractivity contribution in [2.24, 2.45) is 17.6 Å². The van der Waals surface area contributed by atoms with Crippen LogP contribution in [0.5, 0.6) is 0 Å². The van der Waals surface area contributed by atoms with Crippen LogP contribution >= 0.6 is 0 Å². The molecule has 1 rings (SSSR count). The average molecular weight is 286 g/mol. The summed E-state index contributed by atoms with van der Waals surface area (Å²) in [5.74, 6) is -1.19. The Bertz CT molecular complexity index is 344. The summed E-state index contributed by atoms with van der Waals surface area (Å²) in [5, 5.41) is 11.9. The third kappa shape index (κ3) is 5.36. The van der Waals surface area contributed by atoms with E-state index in [-0.39, 0.29) is 18.5 Å². The van der Waals surface area contributed by atoms with Crippen LogP contribution in [-0.2, 0) is 9.53 Å². The molecule has 116 valence electrons. The van der Waals surface area contributed by atoms with E-state index >= 15 is 0 Å². The lowest BCUT2D eigenvalue weighted by Gasteiger charge is -2.32. The summed E-state index contributed by atoms with van der Waals surface area (Å²) in [6.45, 7) is 5.64. The quantitative estimate of drug-likeness (QED) is 0.730. The van der Waals surface area contributed by atoms with Gasteiger partial charge in [-0.1, -0.05) is 0 Å². The highest BCUT2D eigenvalue weighted by atomic mass is 16.6. The second kappa shape index (κ2) is 6.92. The molecule has 0 saturated heterocycles. The highest BCUT2D eigenvalue weighted by molar-refractivity contribution is 5.70. The van der Waals surface area contributed by atoms with E-state index in [4.69, 9.17) is 15.6 Å². The van der Waals surface area contributed by atoms with Gasteiger partial charge in [-0.2, -0.15) is 0 Å². The standard InChI is InChI=1S/C14H26N2O4/c1-14(2,3)20-13(19)16-10-6-4-9(5-7-10)11(8-15)12(17)18/h9-11H,4-8,15H2,1-3H3,(H,16,19)(H,17,18). The summed E-state index contributed by atoms with van der Waals surface area (Å²) in [5.41, 5.74) is 5.01. The number of rotatable bonds is 4. The van der Waals surface area contributed by atoms with Crippen LogP contribution in [0.3, 0.4) is 0 Å². The number of nitrogens with one attached hydrogen (secondary N) is 1. The van der Waals surface area contributed by atoms with E-state index in [1.165, 1.54) is 0 Å². The highest BCUT2D eigenvalue weighted by Gasteiger charge is 2.32. The minimum absolute atomic E-state index is 0.0633. The smallest absolute Gasteiger partial charge is 0.407 e. The van der Waals surface area contributed by atoms with Gasteiger partial charge in [0.05, 0.1) is 5.92 Å². The second-order valence-electron chi connectivity index (χ2n) is 6.44. The number of hydrogen-bond donors (Lipinski definition) is 3. The molecule has 1 unspecified atom stereocenters. The SMILES string of the molecule is CC(C)(C)OC(=O)NC1CCC(C(CN)C(=O)O)CC1. The predicted octanol–water partition coefficient (Wildman–Crippen LogP) is 1.73. The fourth-order valence-electron chi connectivity index (χ4n) is 2.64. The van der Waals surface area contributed by atoms with Crippen molar-refractivity contribution in [3.63, 3.8) is 0 Å². The summed E-state index contributed by atoms with van der Waals surface area (Å²) < 4.78 is 5.21. The summed E-state index contributed by atoms with van der Waals surface area (Å²) in [4.78, 5) is 22.7. The van der Waals surface area contributed by atoms with E-state index in [2.05, 4.69) is 5.32 Å². The third-order valence-electron chi connectivity index (χ3n) is 3.63. The van der Waals surface area contributed by atoms with Gasteiger partial charge in [-0.05, 0) is 52.4 Å². The molecule has 0 bridgehead atoms. The number of carbonyl (C=O) groups excluding carboxylic acids is 1. The lowest BCUT2D eigenvalue weighted by molar-refractivity contribution is -0.143. The maximum absolute atomic E-state index is 11.7. The Morgan fingerprint density at radius 3 is 2.25 bits per heavy atom. The van der Waals surface area contributed by atoms with Crippen LogP contribution in [0, 0.1) is 11.8 Å². The minimum Gasteiger partial charge on any atom is -0.481 e. The monoisotopic (exact) mass is 286 g/mol. The van der Waals surface area contributed by atoms with Crippen molar-refractivity contribution in [3.8, 4) is 0 Å². The van der Waals surface area contributed by atoms with Crippen molar-refractivity contribution in [1.82, 2.24) is 5.32 Å². The Labute approximate surface area is 120 Å². The number of amides is 1. The molecule has 4 N–H and O–H groups in total. The van der Waals surface area contributed by atoms with Crippen LogP contribution in [0.25, 0.3) is 0 Å². The van der Waals surface area contributed by atoms with Gasteiger partial charge in [-0.15, -0.1) is 0 Å². The second-order valence-corrected chi connectivity index (χ2v) is 6.44. The van der Waals surface area contributed by atoms with E-state index in [9.17, 15) is 9.59 Å². The summed E-state index contributed by atoms with van der Waals surface area (Å²) >= 11 is 0. The number of aliphatic carboxylic acids is 1. The lowest BCUT2D eigenvalue weighted by atomic mass is 9.78. The van der Waals surface area contributed by atoms with Crippen molar-refractivity contribution in [2.45, 2.75) is 58.1 Å². The van der Waals surface area contributed by atoms with Gasteiger partial charge < -0.3 is 20.9 Å². The fraction of sp³-hybridized carbons (Fsp3) is 0.857. The molecule has 0 radical (unpaired) electrons. The Morgan fingerprint density at radius 2 is 1.85 bits per heavy atom. The van der Waals surface area contributed by atoms with Crippen molar-refractivity contribution < 1.29 is 19.4 Å². The van der Waals surface area contributed by atoms with E-state index in [0.717, 1.165) is 25.7 Å². The Hall–Kier alpha value is -1.30. The molecule has 0 aromatic carbocycles. The zero-order valence-electron chi connectivity index (χ0n) is 12.5. The lowest BCUT2D eigenvalue weighted by Crippen LogP contribution is -2.42. The van der Waals surface area contributed by atoms with Gasteiger partial charge in [-0.3, -0.25) is 4.79 Å². The molecule has 1 saturated carbocycles. The van der Waals surface area contributed by atoms with E-state index in [0.29, 0.717) is 0 Å². The molecule has 20 heavy (non-hydrogen) atoms. The number of carboxylic acid groups (broad SMARTS) is 1. The van der Waals surface area contributed by atoms with Gasteiger partial charge in [-0.25, -0.2) is 4.79 Å². The number of nitrogens with two attached hydrogens (primary N) is 1. The number of carbonyl (C=O) groups is 2. The zero-order chi connectivity index (χ0) is 15.3. The van der Waals surface area contributed by atoms with Crippen LogP contribution < -0.4 is 11.1 Å². The normalized spacial score (nSPS) is 24.8. The molecule has 1 amide bonds. The van der Waals surface area contributed by atoms with Crippen molar-refractivity contribution in [2.75, 3.05) is 6.54 Å². The molecule has 0 aromatic heterocycles. The molecule has 0 aliphatic heterocycles. The molecule has 0 aromatic rings. The maximum atomic E-state index is 11.7. The molecule has 1 aliphatic rings. The highest BCUT2D eigenvalue weighted by Crippen LogP contribution is 2.30. The molecule has 0 spiro atoms. The number of carboxylic acids is 1. The zero-order valence-corrected chi connectivity index (χ0v) is 12.5. The van der Waals surface area contributed by atoms with Crippen LogP contribution in [0.15, 0.2) is 0 Å². The van der Waals surface area contributed by atoms with Gasteiger partial charge in [0.1, 0.15) is 5.60 Å². The first kappa shape index (κ1) is 16.8. The van der Waals surface area contributed by atoms with Crippen LogP contribution in [0.4, 0.5) is 4.79 Å². The van der Waals surface area contributed by atoms with Crippen LogP contribution in [-0.4, -0.2) is 35.4 Å². The number of hydrogen-bond acceptors (Lipinski definition) is 4. The Balaban J connectivity index is 2.39. The van der Waals surface area contributed by atoms with E-state index < -0.39 is 23.6 Å². The molecule has 6 heteroatoms. The Kier molecular flexibility index (Phi) is 5.80. The third-order valence-corrected chi connectivity index (χ3v) is 3.63. The predicted molar refractivity (Wildman–Crippen MR) is 75.3 cm³/mol. The summed E-state index contributed by atoms with van der Waals surface area (Å²) in [6.07, 6.45) is 2.68. The average Bonchev–Trinajstić information content (AvgIpc) is 2.29. The van der Waals surface area contributed by atoms with Gasteiger partial charge in [0.15, 0.2) is 0 Å². The molecule has 0 heterocycles. The fourth-order valence-corrected chi connectivity index (χ4v) is 2.64. The topological polar surface area (TPSA) is 102 Å².